The van der Waals surface area contributed by atoms with E-state index in [9.17, 15) is 4.21 Å². The summed E-state index contributed by atoms with van der Waals surface area (Å²) >= 11 is 0. The van der Waals surface area contributed by atoms with E-state index in [1.807, 2.05) is 0 Å². The molecule has 2 aliphatic rings. The second-order valence-electron chi connectivity index (χ2n) is 7.45. The predicted molar refractivity (Wildman–Crippen MR) is 104 cm³/mol. The van der Waals surface area contributed by atoms with Crippen molar-refractivity contribution in [3.63, 3.8) is 0 Å². The summed E-state index contributed by atoms with van der Waals surface area (Å²) in [6.07, 6.45) is 9.22. The lowest BCUT2D eigenvalue weighted by Gasteiger charge is -2.35. The Morgan fingerprint density at radius 2 is 1.92 bits per heavy atom. The number of nitrogens with one attached hydrogen (secondary N) is 2. The number of ether oxygens (including phenoxy) is 1. The molecular weight excluding hydrogens is 332 g/mol. The lowest BCUT2D eigenvalue weighted by molar-refractivity contribution is 0.00414. The van der Waals surface area contributed by atoms with E-state index in [-0.39, 0.29) is 0 Å². The largest absolute Gasteiger partial charge is 0.377 e. The number of rotatable bonds is 7. The van der Waals surface area contributed by atoms with E-state index < -0.39 is 10.8 Å². The fourth-order valence-corrected chi connectivity index (χ4v) is 4.57. The topological polar surface area (TPSA) is 50.4 Å². The Morgan fingerprint density at radius 1 is 1.16 bits per heavy atom. The molecule has 0 spiro atoms. The average molecular weight is 365 g/mol. The van der Waals surface area contributed by atoms with E-state index in [2.05, 4.69) is 41.0 Å². The van der Waals surface area contributed by atoms with Gasteiger partial charge < -0.3 is 15.4 Å². The molecule has 2 N–H and O–H groups in total. The highest BCUT2D eigenvalue weighted by Gasteiger charge is 2.27. The van der Waals surface area contributed by atoms with Crippen LogP contribution in [0.2, 0.25) is 0 Å². The molecular formula is C20H32N2O2S. The van der Waals surface area contributed by atoms with E-state index in [0.717, 1.165) is 32.4 Å². The lowest BCUT2D eigenvalue weighted by Crippen LogP contribution is -2.55. The van der Waals surface area contributed by atoms with Crippen LogP contribution in [0.15, 0.2) is 30.3 Å². The first kappa shape index (κ1) is 19.0. The van der Waals surface area contributed by atoms with E-state index in [1.165, 1.54) is 24.8 Å². The summed E-state index contributed by atoms with van der Waals surface area (Å²) in [5, 5.41) is 7.03. The normalized spacial score (nSPS) is 31.6. The molecule has 1 saturated carbocycles. The zero-order valence-corrected chi connectivity index (χ0v) is 16.1. The van der Waals surface area contributed by atoms with Gasteiger partial charge in [-0.05, 0) is 56.6 Å². The summed E-state index contributed by atoms with van der Waals surface area (Å²) in [5.41, 5.74) is 1.48. The van der Waals surface area contributed by atoms with E-state index in [4.69, 9.17) is 4.74 Å². The second kappa shape index (κ2) is 9.81. The first-order valence-electron chi connectivity index (χ1n) is 9.65. The predicted octanol–water partition coefficient (Wildman–Crippen LogP) is 2.78. The van der Waals surface area contributed by atoms with Crippen molar-refractivity contribution in [1.82, 2.24) is 10.6 Å². The van der Waals surface area contributed by atoms with Crippen LogP contribution in [0.4, 0.5) is 0 Å². The third-order valence-electron chi connectivity index (χ3n) is 5.59. The molecule has 3 atom stereocenters. The summed E-state index contributed by atoms with van der Waals surface area (Å²) in [6.45, 7) is 1.82. The SMILES string of the molecule is CS(=O)CN[C@H]1CCCN[C@H]1COC1CCC(c2ccccc2)CC1. The average Bonchev–Trinajstić information content (AvgIpc) is 2.66. The Bertz CT molecular complexity index is 532. The Labute approximate surface area is 154 Å². The quantitative estimate of drug-likeness (QED) is 0.781. The third-order valence-corrected chi connectivity index (χ3v) is 6.16. The zero-order chi connectivity index (χ0) is 17.5. The van der Waals surface area contributed by atoms with Crippen LogP contribution >= 0.6 is 0 Å². The van der Waals surface area contributed by atoms with Crippen molar-refractivity contribution in [1.29, 1.82) is 0 Å². The highest BCUT2D eigenvalue weighted by Crippen LogP contribution is 2.34. The third kappa shape index (κ3) is 5.88. The van der Waals surface area contributed by atoms with Crippen molar-refractivity contribution in [2.24, 2.45) is 0 Å². The van der Waals surface area contributed by atoms with E-state index >= 15 is 0 Å². The number of hydrogen-bond donors (Lipinski definition) is 2. The summed E-state index contributed by atoms with van der Waals surface area (Å²) in [7, 11) is -0.792. The van der Waals surface area contributed by atoms with Gasteiger partial charge in [-0.15, -0.1) is 0 Å². The molecule has 4 nitrogen and oxygen atoms in total. The maximum Gasteiger partial charge on any atom is 0.0722 e. The Morgan fingerprint density at radius 3 is 2.64 bits per heavy atom. The van der Waals surface area contributed by atoms with Gasteiger partial charge in [0.15, 0.2) is 0 Å². The summed E-state index contributed by atoms with van der Waals surface area (Å²) in [6, 6.07) is 11.6. The Hall–Kier alpha value is -0.750. The Kier molecular flexibility index (Phi) is 7.47. The summed E-state index contributed by atoms with van der Waals surface area (Å²) in [5.74, 6) is 1.27. The monoisotopic (exact) mass is 364 g/mol. The molecule has 1 heterocycles. The van der Waals surface area contributed by atoms with Crippen molar-refractivity contribution in [2.75, 3.05) is 25.3 Å². The van der Waals surface area contributed by atoms with Gasteiger partial charge in [0, 0.05) is 29.1 Å². The fourth-order valence-electron chi connectivity index (χ4n) is 4.12. The molecule has 5 heteroatoms. The van der Waals surface area contributed by atoms with Crippen LogP contribution < -0.4 is 10.6 Å². The highest BCUT2D eigenvalue weighted by molar-refractivity contribution is 7.84. The molecule has 1 aliphatic carbocycles. The first-order chi connectivity index (χ1) is 12.2. The minimum absolute atomic E-state index is 0.337. The van der Waals surface area contributed by atoms with Crippen LogP contribution in [0.3, 0.4) is 0 Å². The van der Waals surface area contributed by atoms with Gasteiger partial charge in [-0.2, -0.15) is 0 Å². The van der Waals surface area contributed by atoms with Crippen LogP contribution in [-0.2, 0) is 15.5 Å². The van der Waals surface area contributed by atoms with Crippen molar-refractivity contribution in [3.05, 3.63) is 35.9 Å². The van der Waals surface area contributed by atoms with Gasteiger partial charge in [0.1, 0.15) is 0 Å². The zero-order valence-electron chi connectivity index (χ0n) is 15.3. The number of piperidine rings is 1. The maximum absolute atomic E-state index is 11.3. The van der Waals surface area contributed by atoms with Crippen molar-refractivity contribution in [2.45, 2.75) is 62.6 Å². The Balaban J connectivity index is 1.41. The molecule has 2 fully saturated rings. The minimum Gasteiger partial charge on any atom is -0.377 e. The summed E-state index contributed by atoms with van der Waals surface area (Å²) < 4.78 is 17.6. The molecule has 25 heavy (non-hydrogen) atoms. The van der Waals surface area contributed by atoms with E-state index in [1.54, 1.807) is 6.26 Å². The van der Waals surface area contributed by atoms with Gasteiger partial charge in [0.25, 0.3) is 0 Å². The van der Waals surface area contributed by atoms with Gasteiger partial charge in [-0.25, -0.2) is 0 Å². The number of benzene rings is 1. The van der Waals surface area contributed by atoms with Crippen LogP contribution in [0.5, 0.6) is 0 Å². The molecule has 0 amide bonds. The van der Waals surface area contributed by atoms with Crippen molar-refractivity contribution >= 4 is 10.8 Å². The molecule has 0 aromatic heterocycles. The molecule has 1 aliphatic heterocycles. The van der Waals surface area contributed by atoms with Gasteiger partial charge in [-0.3, -0.25) is 4.21 Å². The minimum atomic E-state index is -0.792. The smallest absolute Gasteiger partial charge is 0.0722 e. The van der Waals surface area contributed by atoms with Crippen LogP contribution in [0, 0.1) is 0 Å². The van der Waals surface area contributed by atoms with Crippen LogP contribution in [0.1, 0.15) is 50.0 Å². The van der Waals surface area contributed by atoms with Crippen molar-refractivity contribution in [3.8, 4) is 0 Å². The van der Waals surface area contributed by atoms with Crippen molar-refractivity contribution < 1.29 is 8.95 Å². The van der Waals surface area contributed by atoms with Gasteiger partial charge in [0.2, 0.25) is 0 Å². The molecule has 1 unspecified atom stereocenters. The molecule has 0 bridgehead atoms. The molecule has 0 radical (unpaired) electrons. The standard InChI is InChI=1S/C20H32N2O2S/c1-25(23)15-22-19-8-5-13-21-20(19)14-24-18-11-9-17(10-12-18)16-6-3-2-4-7-16/h2-4,6-7,17-22H,5,8-15H2,1H3/t17?,18?,19-,20-,25?/m0/s1. The van der Waals surface area contributed by atoms with Gasteiger partial charge in [0.05, 0.1) is 18.6 Å². The summed E-state index contributed by atoms with van der Waals surface area (Å²) in [4.78, 5) is 0. The number of hydrogen-bond acceptors (Lipinski definition) is 4. The first-order valence-corrected chi connectivity index (χ1v) is 11.4. The molecule has 3 rings (SSSR count). The maximum atomic E-state index is 11.3. The second-order valence-corrected chi connectivity index (χ2v) is 8.88. The van der Waals surface area contributed by atoms with Gasteiger partial charge in [-0.1, -0.05) is 30.3 Å². The van der Waals surface area contributed by atoms with Crippen LogP contribution in [-0.4, -0.2) is 47.7 Å². The molecule has 1 saturated heterocycles. The van der Waals surface area contributed by atoms with Crippen LogP contribution in [0.25, 0.3) is 0 Å². The molecule has 1 aromatic carbocycles. The van der Waals surface area contributed by atoms with E-state index in [0.29, 0.717) is 30.0 Å². The molecule has 140 valence electrons. The van der Waals surface area contributed by atoms with Gasteiger partial charge >= 0.3 is 0 Å². The lowest BCUT2D eigenvalue weighted by atomic mass is 9.83. The molecule has 1 aromatic rings. The fraction of sp³-hybridized carbons (Fsp3) is 0.700. The highest BCUT2D eigenvalue weighted by atomic mass is 32.2.